The fourth-order valence-electron chi connectivity index (χ4n) is 3.20. The molecule has 20 heavy (non-hydrogen) atoms. The van der Waals surface area contributed by atoms with E-state index in [4.69, 9.17) is 0 Å². The van der Waals surface area contributed by atoms with E-state index in [9.17, 15) is 0 Å². The molecule has 0 aromatic heterocycles. The Kier molecular flexibility index (Phi) is 4.30. The zero-order valence-corrected chi connectivity index (χ0v) is 13.6. The Labute approximate surface area is 129 Å². The smallest absolute Gasteiger partial charge is 0.0420 e. The molecule has 0 aliphatic heterocycles. The summed E-state index contributed by atoms with van der Waals surface area (Å²) >= 11 is 3.64. The minimum absolute atomic E-state index is 0.841. The zero-order valence-electron chi connectivity index (χ0n) is 12.0. The van der Waals surface area contributed by atoms with Gasteiger partial charge in [0.05, 0.1) is 0 Å². The molecule has 0 spiro atoms. The second kappa shape index (κ2) is 6.17. The topological polar surface area (TPSA) is 12.0 Å². The average molecular weight is 332 g/mol. The Morgan fingerprint density at radius 3 is 2.45 bits per heavy atom. The van der Waals surface area contributed by atoms with Crippen LogP contribution in [0.15, 0.2) is 40.9 Å². The fourth-order valence-corrected chi connectivity index (χ4v) is 3.68. The van der Waals surface area contributed by atoms with Gasteiger partial charge in [0.1, 0.15) is 0 Å². The average Bonchev–Trinajstić information content (AvgIpc) is 2.49. The van der Waals surface area contributed by atoms with Crippen molar-refractivity contribution in [2.75, 3.05) is 11.9 Å². The first kappa shape index (κ1) is 13.9. The second-order valence-corrected chi connectivity index (χ2v) is 7.00. The Morgan fingerprint density at radius 2 is 1.70 bits per heavy atom. The molecule has 0 saturated heterocycles. The molecule has 1 fully saturated rings. The molecule has 2 heteroatoms. The van der Waals surface area contributed by atoms with Crippen molar-refractivity contribution in [3.8, 4) is 0 Å². The van der Waals surface area contributed by atoms with Crippen LogP contribution < -0.4 is 5.32 Å². The Hall–Kier alpha value is -1.02. The highest BCUT2D eigenvalue weighted by Gasteiger charge is 2.18. The number of benzene rings is 2. The van der Waals surface area contributed by atoms with Crippen molar-refractivity contribution in [1.82, 2.24) is 0 Å². The van der Waals surface area contributed by atoms with Gasteiger partial charge in [-0.3, -0.25) is 0 Å². The van der Waals surface area contributed by atoms with Gasteiger partial charge in [-0.15, -0.1) is 0 Å². The van der Waals surface area contributed by atoms with Crippen LogP contribution in [0.2, 0.25) is 0 Å². The molecule has 1 saturated carbocycles. The van der Waals surface area contributed by atoms with Gasteiger partial charge in [0.15, 0.2) is 0 Å². The van der Waals surface area contributed by atoms with Gasteiger partial charge in [0, 0.05) is 22.1 Å². The Balaban J connectivity index is 1.73. The highest BCUT2D eigenvalue weighted by atomic mass is 79.9. The minimum atomic E-state index is 0.841. The quantitative estimate of drug-likeness (QED) is 0.744. The third-order valence-corrected chi connectivity index (χ3v) is 5.28. The molecule has 3 rings (SSSR count). The minimum Gasteiger partial charge on any atom is -0.384 e. The molecule has 0 bridgehead atoms. The lowest BCUT2D eigenvalue weighted by atomic mass is 9.83. The predicted octanol–water partition coefficient (Wildman–Crippen LogP) is 5.84. The first-order valence-electron chi connectivity index (χ1n) is 7.65. The largest absolute Gasteiger partial charge is 0.384 e. The standard InChI is InChI=1S/C18H22BrN/c1-13-6-8-14(9-7-13)12-20-18-11-10-17(19)15-4-2-3-5-16(15)18/h2-5,10-11,13-14,20H,6-9,12H2,1H3. The number of hydrogen-bond acceptors (Lipinski definition) is 1. The monoisotopic (exact) mass is 331 g/mol. The molecule has 0 radical (unpaired) electrons. The van der Waals surface area contributed by atoms with Crippen LogP contribution in [0, 0.1) is 11.8 Å². The maximum atomic E-state index is 3.68. The van der Waals surface area contributed by atoms with Crippen LogP contribution in [-0.2, 0) is 0 Å². The van der Waals surface area contributed by atoms with Crippen LogP contribution >= 0.6 is 15.9 Å². The van der Waals surface area contributed by atoms with Gasteiger partial charge < -0.3 is 5.32 Å². The molecular formula is C18H22BrN. The summed E-state index contributed by atoms with van der Waals surface area (Å²) in [5.41, 5.74) is 1.27. The molecular weight excluding hydrogens is 310 g/mol. The van der Waals surface area contributed by atoms with Crippen LogP contribution in [0.3, 0.4) is 0 Å². The number of halogens is 1. The van der Waals surface area contributed by atoms with Crippen molar-refractivity contribution in [3.05, 3.63) is 40.9 Å². The highest BCUT2D eigenvalue weighted by Crippen LogP contribution is 2.32. The van der Waals surface area contributed by atoms with E-state index in [0.717, 1.165) is 18.4 Å². The van der Waals surface area contributed by atoms with Gasteiger partial charge in [0.25, 0.3) is 0 Å². The third-order valence-electron chi connectivity index (χ3n) is 4.59. The summed E-state index contributed by atoms with van der Waals surface area (Å²) in [5, 5.41) is 6.28. The van der Waals surface area contributed by atoms with Crippen molar-refractivity contribution in [2.45, 2.75) is 32.6 Å². The Bertz CT molecular complexity index is 585. The first-order valence-corrected chi connectivity index (χ1v) is 8.44. The van der Waals surface area contributed by atoms with E-state index in [0.29, 0.717) is 0 Å². The van der Waals surface area contributed by atoms with Gasteiger partial charge in [-0.05, 0) is 42.2 Å². The second-order valence-electron chi connectivity index (χ2n) is 6.15. The van der Waals surface area contributed by atoms with E-state index in [1.807, 2.05) is 0 Å². The molecule has 2 aromatic rings. The van der Waals surface area contributed by atoms with Crippen molar-refractivity contribution in [1.29, 1.82) is 0 Å². The molecule has 1 aliphatic carbocycles. The van der Waals surface area contributed by atoms with Gasteiger partial charge in [0.2, 0.25) is 0 Å². The molecule has 1 N–H and O–H groups in total. The van der Waals surface area contributed by atoms with Crippen LogP contribution in [0.5, 0.6) is 0 Å². The van der Waals surface area contributed by atoms with E-state index in [2.05, 4.69) is 64.6 Å². The maximum Gasteiger partial charge on any atom is 0.0420 e. The van der Waals surface area contributed by atoms with Gasteiger partial charge in [-0.1, -0.05) is 60.0 Å². The first-order chi connectivity index (χ1) is 9.74. The Morgan fingerprint density at radius 1 is 1.00 bits per heavy atom. The fraction of sp³-hybridized carbons (Fsp3) is 0.444. The maximum absolute atomic E-state index is 3.68. The van der Waals surface area contributed by atoms with Crippen LogP contribution in [0.4, 0.5) is 5.69 Å². The molecule has 1 nitrogen and oxygen atoms in total. The summed E-state index contributed by atoms with van der Waals surface area (Å²) in [5.74, 6) is 1.77. The highest BCUT2D eigenvalue weighted by molar-refractivity contribution is 9.10. The van der Waals surface area contributed by atoms with Crippen molar-refractivity contribution in [3.63, 3.8) is 0 Å². The van der Waals surface area contributed by atoms with E-state index >= 15 is 0 Å². The zero-order chi connectivity index (χ0) is 13.9. The lowest BCUT2D eigenvalue weighted by molar-refractivity contribution is 0.300. The molecule has 0 unspecified atom stereocenters. The number of hydrogen-bond donors (Lipinski definition) is 1. The van der Waals surface area contributed by atoms with E-state index < -0.39 is 0 Å². The molecule has 0 atom stereocenters. The molecule has 106 valence electrons. The predicted molar refractivity (Wildman–Crippen MR) is 91.3 cm³/mol. The van der Waals surface area contributed by atoms with Crippen molar-refractivity contribution >= 4 is 32.4 Å². The SMILES string of the molecule is CC1CCC(CNc2ccc(Br)c3ccccc23)CC1. The van der Waals surface area contributed by atoms with Crippen molar-refractivity contribution < 1.29 is 0 Å². The normalized spacial score (nSPS) is 22.9. The molecule has 1 aliphatic rings. The summed E-state index contributed by atoms with van der Waals surface area (Å²) in [6.45, 7) is 3.49. The summed E-state index contributed by atoms with van der Waals surface area (Å²) in [4.78, 5) is 0. The number of fused-ring (bicyclic) bond motifs is 1. The summed E-state index contributed by atoms with van der Waals surface area (Å²) in [7, 11) is 0. The lowest BCUT2D eigenvalue weighted by Crippen LogP contribution is -2.20. The van der Waals surface area contributed by atoms with Gasteiger partial charge in [-0.2, -0.15) is 0 Å². The molecule has 0 amide bonds. The van der Waals surface area contributed by atoms with Crippen LogP contribution in [0.1, 0.15) is 32.6 Å². The van der Waals surface area contributed by atoms with E-state index in [-0.39, 0.29) is 0 Å². The van der Waals surface area contributed by atoms with Crippen LogP contribution in [-0.4, -0.2) is 6.54 Å². The summed E-state index contributed by atoms with van der Waals surface area (Å²) in [6.07, 6.45) is 5.55. The molecule has 0 heterocycles. The van der Waals surface area contributed by atoms with Crippen LogP contribution in [0.25, 0.3) is 10.8 Å². The summed E-state index contributed by atoms with van der Waals surface area (Å²) in [6, 6.07) is 12.9. The number of rotatable bonds is 3. The number of anilines is 1. The third kappa shape index (κ3) is 3.01. The van der Waals surface area contributed by atoms with E-state index in [1.165, 1.54) is 46.6 Å². The number of nitrogens with one attached hydrogen (secondary N) is 1. The van der Waals surface area contributed by atoms with E-state index in [1.54, 1.807) is 0 Å². The van der Waals surface area contributed by atoms with Crippen molar-refractivity contribution in [2.24, 2.45) is 11.8 Å². The summed E-state index contributed by atoms with van der Waals surface area (Å²) < 4.78 is 1.17. The molecule has 2 aromatic carbocycles. The van der Waals surface area contributed by atoms with Gasteiger partial charge >= 0.3 is 0 Å². The van der Waals surface area contributed by atoms with Gasteiger partial charge in [-0.25, -0.2) is 0 Å². The lowest BCUT2D eigenvalue weighted by Gasteiger charge is -2.26.